The third kappa shape index (κ3) is 2.83. The molecule has 18 heavy (non-hydrogen) atoms. The number of piperidine rings is 1. The number of thiocarbonyl (C=S) groups is 1. The number of aromatic nitrogens is 1. The van der Waals surface area contributed by atoms with Gasteiger partial charge in [-0.05, 0) is 32.6 Å². The minimum Gasteiger partial charge on any atom is -0.389 e. The topological polar surface area (TPSA) is 42.2 Å². The molecule has 1 atom stereocenters. The minimum absolute atomic E-state index is 0.492. The highest BCUT2D eigenvalue weighted by molar-refractivity contribution is 7.81. The van der Waals surface area contributed by atoms with Crippen LogP contribution in [0.4, 0.5) is 5.13 Å². The van der Waals surface area contributed by atoms with Crippen LogP contribution in [0.25, 0.3) is 0 Å². The van der Waals surface area contributed by atoms with Crippen molar-refractivity contribution >= 4 is 33.7 Å². The number of hydrogen-bond acceptors (Lipinski definition) is 4. The van der Waals surface area contributed by atoms with Gasteiger partial charge in [0.1, 0.15) is 4.99 Å². The van der Waals surface area contributed by atoms with Crippen LogP contribution in [-0.2, 0) is 6.42 Å². The third-order valence-electron chi connectivity index (χ3n) is 3.45. The maximum atomic E-state index is 5.81. The first-order valence-electron chi connectivity index (χ1n) is 6.69. The number of nitrogens with zero attached hydrogens (tertiary/aromatic N) is 2. The Hall–Kier alpha value is -0.680. The van der Waals surface area contributed by atoms with Crippen molar-refractivity contribution in [3.05, 3.63) is 10.6 Å². The molecule has 1 aromatic rings. The zero-order valence-electron chi connectivity index (χ0n) is 11.1. The van der Waals surface area contributed by atoms with Crippen LogP contribution in [0.2, 0.25) is 0 Å². The van der Waals surface area contributed by atoms with Gasteiger partial charge in [-0.2, -0.15) is 0 Å². The van der Waals surface area contributed by atoms with Gasteiger partial charge in [0.2, 0.25) is 0 Å². The molecule has 3 nitrogen and oxygen atoms in total. The van der Waals surface area contributed by atoms with Crippen molar-refractivity contribution < 1.29 is 0 Å². The highest BCUT2D eigenvalue weighted by Crippen LogP contribution is 2.31. The van der Waals surface area contributed by atoms with Crippen molar-refractivity contribution in [3.63, 3.8) is 0 Å². The van der Waals surface area contributed by atoms with E-state index >= 15 is 0 Å². The summed E-state index contributed by atoms with van der Waals surface area (Å²) in [6.45, 7) is 5.55. The highest BCUT2D eigenvalue weighted by Gasteiger charge is 2.23. The van der Waals surface area contributed by atoms with E-state index in [1.165, 1.54) is 19.3 Å². The van der Waals surface area contributed by atoms with Gasteiger partial charge in [-0.1, -0.05) is 36.9 Å². The summed E-state index contributed by atoms with van der Waals surface area (Å²) < 4.78 is 0. The lowest BCUT2D eigenvalue weighted by Crippen LogP contribution is -2.37. The van der Waals surface area contributed by atoms with Crippen LogP contribution in [0.5, 0.6) is 0 Å². The van der Waals surface area contributed by atoms with Crippen molar-refractivity contribution in [2.75, 3.05) is 11.4 Å². The zero-order chi connectivity index (χ0) is 13.1. The number of anilines is 1. The Morgan fingerprint density at radius 2 is 2.33 bits per heavy atom. The molecule has 0 bridgehead atoms. The Morgan fingerprint density at radius 3 is 2.94 bits per heavy atom. The van der Waals surface area contributed by atoms with E-state index in [4.69, 9.17) is 22.9 Å². The first-order chi connectivity index (χ1) is 8.63. The van der Waals surface area contributed by atoms with Gasteiger partial charge >= 0.3 is 0 Å². The number of hydrogen-bond donors (Lipinski definition) is 1. The standard InChI is InChI=1S/C13H21N3S2/c1-3-6-10-11(12(14)17)18-13(15-10)16-8-5-4-7-9(16)2/h9H,3-8H2,1-2H3,(H2,14,17). The Bertz CT molecular complexity index is 428. The van der Waals surface area contributed by atoms with Crippen molar-refractivity contribution in [2.45, 2.75) is 52.0 Å². The Morgan fingerprint density at radius 1 is 1.56 bits per heavy atom. The summed E-state index contributed by atoms with van der Waals surface area (Å²) in [5, 5.41) is 1.11. The molecule has 1 aromatic heterocycles. The average Bonchev–Trinajstić information content (AvgIpc) is 2.74. The molecule has 1 saturated heterocycles. The van der Waals surface area contributed by atoms with E-state index in [1.54, 1.807) is 11.3 Å². The van der Waals surface area contributed by atoms with Gasteiger partial charge in [0.25, 0.3) is 0 Å². The predicted molar refractivity (Wildman–Crippen MR) is 82.7 cm³/mol. The van der Waals surface area contributed by atoms with E-state index in [0.29, 0.717) is 11.0 Å². The smallest absolute Gasteiger partial charge is 0.186 e. The number of aryl methyl sites for hydroxylation is 1. The lowest BCUT2D eigenvalue weighted by Gasteiger charge is -2.33. The molecule has 0 radical (unpaired) electrons. The Labute approximate surface area is 118 Å². The molecule has 2 N–H and O–H groups in total. The van der Waals surface area contributed by atoms with E-state index in [0.717, 1.165) is 35.1 Å². The van der Waals surface area contributed by atoms with Crippen LogP contribution in [0.15, 0.2) is 0 Å². The van der Waals surface area contributed by atoms with Crippen molar-refractivity contribution in [2.24, 2.45) is 5.73 Å². The number of rotatable bonds is 4. The molecule has 0 amide bonds. The fourth-order valence-electron chi connectivity index (χ4n) is 2.44. The molecule has 1 aliphatic rings. The van der Waals surface area contributed by atoms with Gasteiger partial charge in [0.05, 0.1) is 10.6 Å². The number of thiazole rings is 1. The van der Waals surface area contributed by atoms with Crippen LogP contribution >= 0.6 is 23.6 Å². The molecule has 100 valence electrons. The quantitative estimate of drug-likeness (QED) is 0.862. The monoisotopic (exact) mass is 283 g/mol. The zero-order valence-corrected chi connectivity index (χ0v) is 12.7. The third-order valence-corrected chi connectivity index (χ3v) is 4.95. The maximum Gasteiger partial charge on any atom is 0.186 e. The van der Waals surface area contributed by atoms with E-state index in [2.05, 4.69) is 18.7 Å². The second-order valence-electron chi connectivity index (χ2n) is 4.92. The van der Waals surface area contributed by atoms with Gasteiger partial charge in [0.15, 0.2) is 5.13 Å². The Kier molecular flexibility index (Phi) is 4.56. The summed E-state index contributed by atoms with van der Waals surface area (Å²) >= 11 is 6.80. The van der Waals surface area contributed by atoms with Crippen molar-refractivity contribution in [3.8, 4) is 0 Å². The van der Waals surface area contributed by atoms with Gasteiger partial charge in [0, 0.05) is 12.6 Å². The summed E-state index contributed by atoms with van der Waals surface area (Å²) in [6.07, 6.45) is 5.88. The minimum atomic E-state index is 0.492. The second kappa shape index (κ2) is 5.97. The summed E-state index contributed by atoms with van der Waals surface area (Å²) in [6, 6.07) is 0.582. The highest BCUT2D eigenvalue weighted by atomic mass is 32.1. The molecular formula is C13H21N3S2. The molecule has 1 aliphatic heterocycles. The number of nitrogens with two attached hydrogens (primary N) is 1. The lowest BCUT2D eigenvalue weighted by atomic mass is 10.0. The van der Waals surface area contributed by atoms with Crippen LogP contribution in [-0.4, -0.2) is 22.6 Å². The summed E-state index contributed by atoms with van der Waals surface area (Å²) in [7, 11) is 0. The molecular weight excluding hydrogens is 262 g/mol. The predicted octanol–water partition coefficient (Wildman–Crippen LogP) is 3.11. The molecule has 2 rings (SSSR count). The molecule has 0 saturated carbocycles. The fraction of sp³-hybridized carbons (Fsp3) is 0.692. The second-order valence-corrected chi connectivity index (χ2v) is 6.34. The van der Waals surface area contributed by atoms with E-state index < -0.39 is 0 Å². The molecule has 2 heterocycles. The van der Waals surface area contributed by atoms with Gasteiger partial charge in [-0.3, -0.25) is 0 Å². The van der Waals surface area contributed by atoms with Crippen molar-refractivity contribution in [1.29, 1.82) is 0 Å². The molecule has 1 unspecified atom stereocenters. The molecule has 0 spiro atoms. The first-order valence-corrected chi connectivity index (χ1v) is 7.92. The van der Waals surface area contributed by atoms with E-state index in [-0.39, 0.29) is 0 Å². The largest absolute Gasteiger partial charge is 0.389 e. The summed E-state index contributed by atoms with van der Waals surface area (Å²) in [5.41, 5.74) is 6.89. The van der Waals surface area contributed by atoms with Gasteiger partial charge in [-0.25, -0.2) is 4.98 Å². The molecule has 0 aliphatic carbocycles. The van der Waals surface area contributed by atoms with E-state index in [1.807, 2.05) is 0 Å². The molecule has 5 heteroatoms. The van der Waals surface area contributed by atoms with Crippen LogP contribution in [0.1, 0.15) is 50.1 Å². The van der Waals surface area contributed by atoms with E-state index in [9.17, 15) is 0 Å². The lowest BCUT2D eigenvalue weighted by molar-refractivity contribution is 0.484. The summed E-state index contributed by atoms with van der Waals surface area (Å²) in [4.78, 5) is 8.69. The fourth-order valence-corrected chi connectivity index (χ4v) is 3.78. The average molecular weight is 283 g/mol. The van der Waals surface area contributed by atoms with Crippen LogP contribution in [0, 0.1) is 0 Å². The maximum absolute atomic E-state index is 5.81. The first kappa shape index (κ1) is 13.7. The van der Waals surface area contributed by atoms with Crippen LogP contribution < -0.4 is 10.6 Å². The normalized spacial score (nSPS) is 20.1. The van der Waals surface area contributed by atoms with Crippen LogP contribution in [0.3, 0.4) is 0 Å². The van der Waals surface area contributed by atoms with Gasteiger partial charge < -0.3 is 10.6 Å². The Balaban J connectivity index is 2.27. The SMILES string of the molecule is CCCc1nc(N2CCCCC2C)sc1C(N)=S. The summed E-state index contributed by atoms with van der Waals surface area (Å²) in [5.74, 6) is 0. The van der Waals surface area contributed by atoms with Gasteiger partial charge in [-0.15, -0.1) is 0 Å². The van der Waals surface area contributed by atoms with Crippen molar-refractivity contribution in [1.82, 2.24) is 4.98 Å². The molecule has 1 fully saturated rings. The molecule has 0 aromatic carbocycles.